The fraction of sp³-hybridized carbons (Fsp3) is 0.333. The number of benzene rings is 2. The second-order valence-corrected chi connectivity index (χ2v) is 12.0. The van der Waals surface area contributed by atoms with Gasteiger partial charge in [-0.3, -0.25) is 4.90 Å². The molecule has 178 valence electrons. The van der Waals surface area contributed by atoms with Crippen molar-refractivity contribution in [3.8, 4) is 5.75 Å². The zero-order valence-corrected chi connectivity index (χ0v) is 21.3. The Morgan fingerprint density at radius 3 is 2.68 bits per heavy atom. The van der Waals surface area contributed by atoms with E-state index in [0.717, 1.165) is 30.6 Å². The van der Waals surface area contributed by atoms with E-state index in [1.165, 1.54) is 14.7 Å². The quantitative estimate of drug-likeness (QED) is 0.342. The average Bonchev–Trinajstić information content (AvgIpc) is 3.51. The van der Waals surface area contributed by atoms with Gasteiger partial charge in [-0.2, -0.15) is 13.1 Å². The minimum atomic E-state index is -3.62. The van der Waals surface area contributed by atoms with Crippen LogP contribution in [-0.4, -0.2) is 52.6 Å². The normalized spacial score (nSPS) is 15.8. The summed E-state index contributed by atoms with van der Waals surface area (Å²) in [5.41, 5.74) is 2.26. The van der Waals surface area contributed by atoms with Gasteiger partial charge in [0, 0.05) is 31.1 Å². The van der Waals surface area contributed by atoms with Crippen LogP contribution in [0.15, 0.2) is 64.9 Å². The highest BCUT2D eigenvalue weighted by molar-refractivity contribution is 7.89. The Labute approximate surface area is 208 Å². The highest BCUT2D eigenvalue weighted by Crippen LogP contribution is 2.28. The fourth-order valence-electron chi connectivity index (χ4n) is 4.26. The van der Waals surface area contributed by atoms with Gasteiger partial charge in [0.2, 0.25) is 10.0 Å². The van der Waals surface area contributed by atoms with Crippen molar-refractivity contribution in [3.63, 3.8) is 0 Å². The number of nitrogens with zero attached hydrogens (tertiary/aromatic N) is 4. The van der Waals surface area contributed by atoms with Crippen LogP contribution in [0.3, 0.4) is 0 Å². The molecule has 7 nitrogen and oxygen atoms in total. The summed E-state index contributed by atoms with van der Waals surface area (Å²) in [6.07, 6.45) is 1.28. The van der Waals surface area contributed by atoms with Crippen LogP contribution >= 0.6 is 23.1 Å². The third-order valence-electron chi connectivity index (χ3n) is 5.93. The van der Waals surface area contributed by atoms with Crippen molar-refractivity contribution < 1.29 is 13.2 Å². The molecule has 0 atom stereocenters. The van der Waals surface area contributed by atoms with Crippen LogP contribution in [0.25, 0.3) is 11.0 Å². The van der Waals surface area contributed by atoms with E-state index in [1.807, 2.05) is 12.1 Å². The maximum atomic E-state index is 13.2. The lowest BCUT2D eigenvalue weighted by molar-refractivity contribution is 0.135. The van der Waals surface area contributed by atoms with Crippen molar-refractivity contribution in [3.05, 3.63) is 70.4 Å². The molecule has 0 saturated carbocycles. The van der Waals surface area contributed by atoms with Gasteiger partial charge >= 0.3 is 0 Å². The summed E-state index contributed by atoms with van der Waals surface area (Å²) in [7, 11) is -1.50. The van der Waals surface area contributed by atoms with Gasteiger partial charge in [-0.15, -0.1) is 11.3 Å². The van der Waals surface area contributed by atoms with Crippen molar-refractivity contribution in [2.75, 3.05) is 20.1 Å². The second-order valence-electron chi connectivity index (χ2n) is 8.51. The van der Waals surface area contributed by atoms with E-state index in [0.29, 0.717) is 37.0 Å². The van der Waals surface area contributed by atoms with Gasteiger partial charge in [-0.1, -0.05) is 24.3 Å². The zero-order valence-electron chi connectivity index (χ0n) is 18.8. The lowest BCUT2D eigenvalue weighted by Gasteiger charge is -2.31. The summed E-state index contributed by atoms with van der Waals surface area (Å²) in [5, 5.41) is 2.10. The first-order valence-corrected chi connectivity index (χ1v) is 14.2. The topological polar surface area (TPSA) is 75.6 Å². The Morgan fingerprint density at radius 2 is 1.88 bits per heavy atom. The molecule has 3 heterocycles. The molecule has 0 N–H and O–H groups in total. The van der Waals surface area contributed by atoms with Gasteiger partial charge in [0.1, 0.15) is 27.8 Å². The Kier molecular flexibility index (Phi) is 6.94. The van der Waals surface area contributed by atoms with Crippen LogP contribution in [0, 0.1) is 0 Å². The van der Waals surface area contributed by atoms with Gasteiger partial charge in [-0.05, 0) is 61.2 Å². The molecule has 0 amide bonds. The van der Waals surface area contributed by atoms with E-state index < -0.39 is 10.0 Å². The predicted octanol–water partition coefficient (Wildman–Crippen LogP) is 4.62. The maximum absolute atomic E-state index is 13.2. The molecule has 2 aromatic carbocycles. The SMILES string of the molecule is CN(Cc1cccc(OC2CCN(S(=O)(=O)c3cccc4nsnc34)CC2)c1)Cc1cccs1. The van der Waals surface area contributed by atoms with E-state index in [-0.39, 0.29) is 11.0 Å². The third-order valence-corrected chi connectivity index (χ3v) is 9.26. The van der Waals surface area contributed by atoms with E-state index in [2.05, 4.69) is 50.3 Å². The lowest BCUT2D eigenvalue weighted by Crippen LogP contribution is -2.41. The molecule has 2 aromatic heterocycles. The average molecular weight is 515 g/mol. The number of piperidine rings is 1. The molecule has 0 bridgehead atoms. The van der Waals surface area contributed by atoms with Crippen LogP contribution < -0.4 is 4.74 Å². The molecular weight excluding hydrogens is 488 g/mol. The molecule has 5 rings (SSSR count). The Morgan fingerprint density at radius 1 is 1.06 bits per heavy atom. The molecule has 0 unspecified atom stereocenters. The van der Waals surface area contributed by atoms with Gasteiger partial charge in [0.15, 0.2) is 0 Å². The predicted molar refractivity (Wildman–Crippen MR) is 136 cm³/mol. The van der Waals surface area contributed by atoms with Crippen LogP contribution in [0.1, 0.15) is 23.3 Å². The summed E-state index contributed by atoms with van der Waals surface area (Å²) >= 11 is 2.80. The number of hydrogen-bond acceptors (Lipinski definition) is 8. The first-order chi connectivity index (χ1) is 16.5. The van der Waals surface area contributed by atoms with E-state index in [9.17, 15) is 8.42 Å². The Bertz CT molecular complexity index is 1350. The monoisotopic (exact) mass is 514 g/mol. The fourth-order valence-corrected chi connectivity index (χ4v) is 7.27. The number of thiophene rings is 1. The van der Waals surface area contributed by atoms with E-state index in [4.69, 9.17) is 4.74 Å². The number of sulfonamides is 1. The van der Waals surface area contributed by atoms with E-state index >= 15 is 0 Å². The summed E-state index contributed by atoms with van der Waals surface area (Å²) in [6.45, 7) is 2.59. The lowest BCUT2D eigenvalue weighted by atomic mass is 10.1. The van der Waals surface area contributed by atoms with Gasteiger partial charge in [0.05, 0.1) is 11.7 Å². The summed E-state index contributed by atoms with van der Waals surface area (Å²) in [4.78, 5) is 3.86. The second kappa shape index (κ2) is 10.1. The molecule has 0 radical (unpaired) electrons. The maximum Gasteiger partial charge on any atom is 0.245 e. The zero-order chi connectivity index (χ0) is 23.5. The molecule has 4 aromatic rings. The first kappa shape index (κ1) is 23.4. The molecule has 1 saturated heterocycles. The van der Waals surface area contributed by atoms with Crippen LogP contribution in [0.2, 0.25) is 0 Å². The minimum Gasteiger partial charge on any atom is -0.490 e. The summed E-state index contributed by atoms with van der Waals surface area (Å²) in [5.74, 6) is 0.835. The number of rotatable bonds is 8. The van der Waals surface area contributed by atoms with E-state index in [1.54, 1.807) is 29.5 Å². The minimum absolute atomic E-state index is 0.0118. The van der Waals surface area contributed by atoms with Crippen molar-refractivity contribution >= 4 is 44.1 Å². The number of aromatic nitrogens is 2. The molecule has 0 spiro atoms. The molecular formula is C24H26N4O3S3. The van der Waals surface area contributed by atoms with Gasteiger partial charge in [-0.25, -0.2) is 8.42 Å². The molecule has 1 aliphatic heterocycles. The number of ether oxygens (including phenoxy) is 1. The molecule has 1 fully saturated rings. The highest BCUT2D eigenvalue weighted by atomic mass is 32.2. The standard InChI is InChI=1S/C24H26N4O3S3/c1-27(17-21-7-4-14-32-21)16-18-5-2-6-20(15-18)31-19-10-12-28(13-11-19)34(29,30)23-9-3-8-22-24(23)26-33-25-22/h2-9,14-15,19H,10-13,16-17H2,1H3. The summed E-state index contributed by atoms with van der Waals surface area (Å²) in [6, 6.07) is 17.5. The van der Waals surface area contributed by atoms with Crippen molar-refractivity contribution in [1.29, 1.82) is 0 Å². The highest BCUT2D eigenvalue weighted by Gasteiger charge is 2.32. The van der Waals surface area contributed by atoms with Crippen LogP contribution in [0.5, 0.6) is 5.75 Å². The summed E-state index contributed by atoms with van der Waals surface area (Å²) < 4.78 is 42.6. The number of fused-ring (bicyclic) bond motifs is 1. The van der Waals surface area contributed by atoms with Crippen molar-refractivity contribution in [2.45, 2.75) is 36.9 Å². The van der Waals surface area contributed by atoms with Crippen LogP contribution in [0.4, 0.5) is 0 Å². The van der Waals surface area contributed by atoms with Crippen molar-refractivity contribution in [1.82, 2.24) is 18.0 Å². The van der Waals surface area contributed by atoms with Crippen molar-refractivity contribution in [2.24, 2.45) is 0 Å². The van der Waals surface area contributed by atoms with Crippen LogP contribution in [-0.2, 0) is 23.1 Å². The first-order valence-electron chi connectivity index (χ1n) is 11.2. The smallest absolute Gasteiger partial charge is 0.245 e. The largest absolute Gasteiger partial charge is 0.490 e. The molecule has 10 heteroatoms. The third kappa shape index (κ3) is 5.16. The Hall–Kier alpha value is -2.37. The van der Waals surface area contributed by atoms with Gasteiger partial charge in [0.25, 0.3) is 0 Å². The Balaban J connectivity index is 1.19. The number of hydrogen-bond donors (Lipinski definition) is 0. The molecule has 1 aliphatic rings. The molecule has 0 aliphatic carbocycles. The van der Waals surface area contributed by atoms with Gasteiger partial charge < -0.3 is 4.74 Å². The molecule has 34 heavy (non-hydrogen) atoms.